The molecule has 0 saturated heterocycles. The Hall–Kier alpha value is -2.02. The number of nitrogens with zero attached hydrogens (tertiary/aromatic N) is 2. The molecule has 0 radical (unpaired) electrons. The molecule has 0 aliphatic carbocycles. The van der Waals surface area contributed by atoms with Crippen LogP contribution in [-0.2, 0) is 10.0 Å². The van der Waals surface area contributed by atoms with Crippen LogP contribution in [0.1, 0.15) is 25.5 Å². The second kappa shape index (κ2) is 5.77. The minimum Gasteiger partial charge on any atom is -0.278 e. The van der Waals surface area contributed by atoms with E-state index in [1.165, 1.54) is 0 Å². The summed E-state index contributed by atoms with van der Waals surface area (Å²) in [6.45, 7) is 3.62. The first-order chi connectivity index (χ1) is 9.78. The number of anilines is 1. The van der Waals surface area contributed by atoms with Gasteiger partial charge in [-0.25, -0.2) is 13.4 Å². The van der Waals surface area contributed by atoms with Crippen LogP contribution in [0.4, 0.5) is 10.1 Å². The largest absolute Gasteiger partial charge is 0.278 e. The van der Waals surface area contributed by atoms with E-state index in [1.807, 2.05) is 19.9 Å². The summed E-state index contributed by atoms with van der Waals surface area (Å²) in [4.78, 5) is 8.08. The van der Waals surface area contributed by atoms with Crippen LogP contribution in [0.5, 0.6) is 0 Å². The Bertz CT molecular complexity index is 746. The normalized spacial score (nSPS) is 11.7. The average molecular weight is 309 g/mol. The van der Waals surface area contributed by atoms with E-state index in [2.05, 4.69) is 14.7 Å². The van der Waals surface area contributed by atoms with Gasteiger partial charge in [0.15, 0.2) is 5.82 Å². The SMILES string of the molecule is CC(C)c1nc(-c2ccccc2)nc(F)c1NS(C)(=O)=O. The molecule has 7 heteroatoms. The number of hydrogen-bond donors (Lipinski definition) is 1. The van der Waals surface area contributed by atoms with Crippen LogP contribution in [0.2, 0.25) is 0 Å². The maximum Gasteiger partial charge on any atom is 0.241 e. The first-order valence-corrected chi connectivity index (χ1v) is 8.27. The van der Waals surface area contributed by atoms with Crippen molar-refractivity contribution in [3.8, 4) is 11.4 Å². The molecule has 21 heavy (non-hydrogen) atoms. The van der Waals surface area contributed by atoms with E-state index in [4.69, 9.17) is 0 Å². The number of nitrogens with one attached hydrogen (secondary N) is 1. The summed E-state index contributed by atoms with van der Waals surface area (Å²) in [5.41, 5.74) is 0.808. The number of hydrogen-bond acceptors (Lipinski definition) is 4. The van der Waals surface area contributed by atoms with Gasteiger partial charge in [0.2, 0.25) is 16.0 Å². The zero-order valence-electron chi connectivity index (χ0n) is 12.0. The quantitative estimate of drug-likeness (QED) is 0.882. The summed E-state index contributed by atoms with van der Waals surface area (Å²) in [5.74, 6) is -0.803. The highest BCUT2D eigenvalue weighted by atomic mass is 32.2. The smallest absolute Gasteiger partial charge is 0.241 e. The lowest BCUT2D eigenvalue weighted by Crippen LogP contribution is -2.16. The Kier molecular flexibility index (Phi) is 4.22. The van der Waals surface area contributed by atoms with Gasteiger partial charge in [0.25, 0.3) is 0 Å². The summed E-state index contributed by atoms with van der Waals surface area (Å²) in [6, 6.07) is 8.97. The van der Waals surface area contributed by atoms with Crippen molar-refractivity contribution in [3.63, 3.8) is 0 Å². The van der Waals surface area contributed by atoms with Gasteiger partial charge in [0.05, 0.1) is 11.9 Å². The molecule has 0 aliphatic heterocycles. The zero-order valence-corrected chi connectivity index (χ0v) is 12.8. The number of sulfonamides is 1. The fraction of sp³-hybridized carbons (Fsp3) is 0.286. The standard InChI is InChI=1S/C14H16FN3O2S/c1-9(2)11-12(18-21(3,19)20)13(15)17-14(16-11)10-7-5-4-6-8-10/h4-9,18H,1-3H3. The Morgan fingerprint density at radius 1 is 1.14 bits per heavy atom. The van der Waals surface area contributed by atoms with Crippen LogP contribution >= 0.6 is 0 Å². The van der Waals surface area contributed by atoms with Crippen molar-refractivity contribution in [2.24, 2.45) is 0 Å². The van der Waals surface area contributed by atoms with Crippen molar-refractivity contribution < 1.29 is 12.8 Å². The molecule has 5 nitrogen and oxygen atoms in total. The molecule has 0 aliphatic rings. The van der Waals surface area contributed by atoms with Crippen LogP contribution in [0.3, 0.4) is 0 Å². The van der Waals surface area contributed by atoms with Gasteiger partial charge in [0.1, 0.15) is 5.69 Å². The third-order valence-electron chi connectivity index (χ3n) is 2.76. The lowest BCUT2D eigenvalue weighted by Gasteiger charge is -2.14. The van der Waals surface area contributed by atoms with E-state index in [0.29, 0.717) is 11.3 Å². The summed E-state index contributed by atoms with van der Waals surface area (Å²) in [7, 11) is -3.60. The molecule has 0 saturated carbocycles. The third kappa shape index (κ3) is 3.75. The van der Waals surface area contributed by atoms with E-state index in [-0.39, 0.29) is 17.4 Å². The van der Waals surface area contributed by atoms with Gasteiger partial charge in [-0.15, -0.1) is 0 Å². The Balaban J connectivity index is 2.60. The first-order valence-electron chi connectivity index (χ1n) is 6.38. The van der Waals surface area contributed by atoms with Crippen molar-refractivity contribution >= 4 is 15.7 Å². The maximum atomic E-state index is 14.2. The van der Waals surface area contributed by atoms with Gasteiger partial charge < -0.3 is 0 Å². The molecule has 2 aromatic rings. The molecule has 1 aromatic heterocycles. The molecule has 0 bridgehead atoms. The van der Waals surface area contributed by atoms with Crippen molar-refractivity contribution in [1.82, 2.24) is 9.97 Å². The fourth-order valence-electron chi connectivity index (χ4n) is 1.86. The van der Waals surface area contributed by atoms with Crippen LogP contribution < -0.4 is 4.72 Å². The fourth-order valence-corrected chi connectivity index (χ4v) is 2.42. The van der Waals surface area contributed by atoms with E-state index >= 15 is 0 Å². The average Bonchev–Trinajstić information content (AvgIpc) is 2.40. The van der Waals surface area contributed by atoms with Gasteiger partial charge in [-0.2, -0.15) is 9.37 Å². The topological polar surface area (TPSA) is 72.0 Å². The van der Waals surface area contributed by atoms with Gasteiger partial charge in [-0.1, -0.05) is 44.2 Å². The van der Waals surface area contributed by atoms with Gasteiger partial charge in [-0.05, 0) is 5.92 Å². The monoisotopic (exact) mass is 309 g/mol. The molecule has 1 heterocycles. The zero-order chi connectivity index (χ0) is 15.6. The van der Waals surface area contributed by atoms with E-state index in [0.717, 1.165) is 6.26 Å². The molecule has 1 N–H and O–H groups in total. The summed E-state index contributed by atoms with van der Waals surface area (Å²) < 4.78 is 39.1. The molecule has 0 spiro atoms. The number of rotatable bonds is 4. The predicted molar refractivity (Wildman–Crippen MR) is 80.0 cm³/mol. The maximum absolute atomic E-state index is 14.2. The molecule has 2 rings (SSSR count). The summed E-state index contributed by atoms with van der Waals surface area (Å²) >= 11 is 0. The Labute approximate surface area is 123 Å². The highest BCUT2D eigenvalue weighted by Gasteiger charge is 2.20. The Morgan fingerprint density at radius 2 is 1.76 bits per heavy atom. The highest BCUT2D eigenvalue weighted by Crippen LogP contribution is 2.28. The minimum atomic E-state index is -3.60. The Morgan fingerprint density at radius 3 is 2.29 bits per heavy atom. The second-order valence-electron chi connectivity index (χ2n) is 4.99. The van der Waals surface area contributed by atoms with Gasteiger partial charge >= 0.3 is 0 Å². The van der Waals surface area contributed by atoms with E-state index < -0.39 is 16.0 Å². The van der Waals surface area contributed by atoms with Gasteiger partial charge in [0, 0.05) is 5.56 Å². The summed E-state index contributed by atoms with van der Waals surface area (Å²) in [5, 5.41) is 0. The highest BCUT2D eigenvalue weighted by molar-refractivity contribution is 7.92. The lowest BCUT2D eigenvalue weighted by atomic mass is 10.1. The number of aromatic nitrogens is 2. The summed E-state index contributed by atoms with van der Waals surface area (Å²) in [6.07, 6.45) is 0.960. The lowest BCUT2D eigenvalue weighted by molar-refractivity contribution is 0.577. The van der Waals surface area contributed by atoms with Crippen LogP contribution in [-0.4, -0.2) is 24.6 Å². The van der Waals surface area contributed by atoms with Crippen LogP contribution in [0, 0.1) is 5.95 Å². The first kappa shape index (κ1) is 15.4. The molecule has 0 unspecified atom stereocenters. The molecule has 0 fully saturated rings. The molecular weight excluding hydrogens is 293 g/mol. The molecule has 0 atom stereocenters. The van der Waals surface area contributed by atoms with Crippen molar-refractivity contribution in [1.29, 1.82) is 0 Å². The van der Waals surface area contributed by atoms with Crippen LogP contribution in [0.25, 0.3) is 11.4 Å². The van der Waals surface area contributed by atoms with Gasteiger partial charge in [-0.3, -0.25) is 4.72 Å². The van der Waals surface area contributed by atoms with E-state index in [1.54, 1.807) is 24.3 Å². The van der Waals surface area contributed by atoms with Crippen molar-refractivity contribution in [3.05, 3.63) is 42.0 Å². The third-order valence-corrected chi connectivity index (χ3v) is 3.33. The predicted octanol–water partition coefficient (Wildman–Crippen LogP) is 2.78. The molecule has 112 valence electrons. The minimum absolute atomic E-state index is 0.158. The van der Waals surface area contributed by atoms with Crippen molar-refractivity contribution in [2.45, 2.75) is 19.8 Å². The number of halogens is 1. The van der Waals surface area contributed by atoms with E-state index in [9.17, 15) is 12.8 Å². The molecule has 1 aromatic carbocycles. The number of benzene rings is 1. The molecule has 0 amide bonds. The second-order valence-corrected chi connectivity index (χ2v) is 6.74. The molecular formula is C14H16FN3O2S. The van der Waals surface area contributed by atoms with Crippen molar-refractivity contribution in [2.75, 3.05) is 11.0 Å². The van der Waals surface area contributed by atoms with Crippen LogP contribution in [0.15, 0.2) is 30.3 Å².